The molecule has 6 heteroatoms. The van der Waals surface area contributed by atoms with E-state index in [1.54, 1.807) is 12.1 Å². The van der Waals surface area contributed by atoms with Crippen LogP contribution in [0.15, 0.2) is 42.9 Å². The average molecular weight is 275 g/mol. The second-order valence-corrected chi connectivity index (χ2v) is 4.08. The Morgan fingerprint density at radius 3 is 2.95 bits per heavy atom. The van der Waals surface area contributed by atoms with Gasteiger partial charge in [0, 0.05) is 26.0 Å². The van der Waals surface area contributed by atoms with Gasteiger partial charge in [-0.2, -0.15) is 0 Å². The Labute approximate surface area is 115 Å². The summed E-state index contributed by atoms with van der Waals surface area (Å²) in [5.41, 5.74) is 0.883. The molecule has 0 saturated carbocycles. The zero-order chi connectivity index (χ0) is 14.4. The monoisotopic (exact) mass is 275 g/mol. The number of amides is 1. The molecule has 0 aliphatic heterocycles. The van der Waals surface area contributed by atoms with E-state index in [0.29, 0.717) is 5.56 Å². The van der Waals surface area contributed by atoms with Crippen LogP contribution in [-0.4, -0.2) is 29.5 Å². The van der Waals surface area contributed by atoms with Gasteiger partial charge in [-0.15, -0.1) is 0 Å². The van der Waals surface area contributed by atoms with Crippen LogP contribution >= 0.6 is 0 Å². The first-order valence-electron chi connectivity index (χ1n) is 6.03. The number of nitrogens with zero attached hydrogens (tertiary/aromatic N) is 2. The van der Waals surface area contributed by atoms with Gasteiger partial charge in [0.15, 0.2) is 0 Å². The number of rotatable bonds is 5. The van der Waals surface area contributed by atoms with Gasteiger partial charge < -0.3 is 10.1 Å². The molecule has 1 N–H and O–H groups in total. The SMILES string of the molecule is COC(CNC(=O)c1cnccn1)c1cccc(F)c1. The van der Waals surface area contributed by atoms with Crippen LogP contribution in [0, 0.1) is 5.82 Å². The number of benzene rings is 1. The molecule has 1 unspecified atom stereocenters. The smallest absolute Gasteiger partial charge is 0.271 e. The Balaban J connectivity index is 1.99. The normalized spacial score (nSPS) is 11.9. The number of carbonyl (C=O) groups is 1. The first-order valence-corrected chi connectivity index (χ1v) is 6.03. The van der Waals surface area contributed by atoms with E-state index in [1.165, 1.54) is 37.8 Å². The van der Waals surface area contributed by atoms with Gasteiger partial charge in [0.25, 0.3) is 5.91 Å². The van der Waals surface area contributed by atoms with E-state index >= 15 is 0 Å². The van der Waals surface area contributed by atoms with Crippen LogP contribution in [0.1, 0.15) is 22.2 Å². The zero-order valence-electron chi connectivity index (χ0n) is 10.9. The van der Waals surface area contributed by atoms with Crippen molar-refractivity contribution in [3.05, 3.63) is 59.9 Å². The molecule has 0 aliphatic rings. The van der Waals surface area contributed by atoms with Crippen molar-refractivity contribution < 1.29 is 13.9 Å². The number of carbonyl (C=O) groups excluding carboxylic acids is 1. The lowest BCUT2D eigenvalue weighted by Crippen LogP contribution is -2.29. The Bertz CT molecular complexity index is 578. The van der Waals surface area contributed by atoms with Gasteiger partial charge in [0.05, 0.1) is 12.3 Å². The minimum Gasteiger partial charge on any atom is -0.375 e. The van der Waals surface area contributed by atoms with E-state index < -0.39 is 6.10 Å². The summed E-state index contributed by atoms with van der Waals surface area (Å²) in [7, 11) is 1.50. The standard InChI is InChI=1S/C14H14FN3O2/c1-20-13(10-3-2-4-11(15)7-10)9-18-14(19)12-8-16-5-6-17-12/h2-8,13H,9H2,1H3,(H,18,19). The van der Waals surface area contributed by atoms with E-state index in [9.17, 15) is 9.18 Å². The molecule has 0 spiro atoms. The van der Waals surface area contributed by atoms with Crippen LogP contribution in [0.5, 0.6) is 0 Å². The number of ether oxygens (including phenoxy) is 1. The summed E-state index contributed by atoms with van der Waals surface area (Å²) in [6, 6.07) is 6.07. The lowest BCUT2D eigenvalue weighted by molar-refractivity contribution is 0.0823. The molecule has 2 aromatic rings. The summed E-state index contributed by atoms with van der Waals surface area (Å²) < 4.78 is 18.4. The fourth-order valence-electron chi connectivity index (χ4n) is 1.74. The maximum atomic E-state index is 13.2. The minimum atomic E-state index is -0.425. The maximum Gasteiger partial charge on any atom is 0.271 e. The second-order valence-electron chi connectivity index (χ2n) is 4.08. The fraction of sp³-hybridized carbons (Fsp3) is 0.214. The van der Waals surface area contributed by atoms with Crippen molar-refractivity contribution in [3.8, 4) is 0 Å². The van der Waals surface area contributed by atoms with E-state index in [0.717, 1.165) is 0 Å². The first-order chi connectivity index (χ1) is 9.70. The molecule has 5 nitrogen and oxygen atoms in total. The summed E-state index contributed by atoms with van der Waals surface area (Å²) in [5, 5.41) is 2.68. The molecule has 0 saturated heterocycles. The number of halogens is 1. The van der Waals surface area contributed by atoms with Crippen LogP contribution in [0.4, 0.5) is 4.39 Å². The molecule has 0 aliphatic carbocycles. The largest absolute Gasteiger partial charge is 0.375 e. The van der Waals surface area contributed by atoms with Crippen molar-refractivity contribution >= 4 is 5.91 Å². The van der Waals surface area contributed by atoms with Crippen molar-refractivity contribution in [1.29, 1.82) is 0 Å². The van der Waals surface area contributed by atoms with Crippen molar-refractivity contribution in [2.24, 2.45) is 0 Å². The summed E-state index contributed by atoms with van der Waals surface area (Å²) in [4.78, 5) is 19.5. The van der Waals surface area contributed by atoms with Crippen molar-refractivity contribution in [1.82, 2.24) is 15.3 Å². The summed E-state index contributed by atoms with van der Waals surface area (Å²) in [5.74, 6) is -0.693. The predicted octanol–water partition coefficient (Wildman–Crippen LogP) is 1.73. The topological polar surface area (TPSA) is 64.1 Å². The molecular weight excluding hydrogens is 261 g/mol. The highest BCUT2D eigenvalue weighted by Crippen LogP contribution is 2.16. The van der Waals surface area contributed by atoms with Gasteiger partial charge in [-0.25, -0.2) is 9.37 Å². The third-order valence-corrected chi connectivity index (χ3v) is 2.75. The molecule has 1 aromatic heterocycles. The van der Waals surface area contributed by atoms with Crippen molar-refractivity contribution in [2.45, 2.75) is 6.10 Å². The number of hydrogen-bond donors (Lipinski definition) is 1. The zero-order valence-corrected chi connectivity index (χ0v) is 10.9. The summed E-state index contributed by atoms with van der Waals surface area (Å²) >= 11 is 0. The van der Waals surface area contributed by atoms with Gasteiger partial charge in [-0.1, -0.05) is 12.1 Å². The van der Waals surface area contributed by atoms with E-state index in [1.807, 2.05) is 0 Å². The van der Waals surface area contributed by atoms with Crippen molar-refractivity contribution in [2.75, 3.05) is 13.7 Å². The van der Waals surface area contributed by atoms with Crippen LogP contribution in [0.2, 0.25) is 0 Å². The molecule has 1 amide bonds. The Hall–Kier alpha value is -2.34. The third-order valence-electron chi connectivity index (χ3n) is 2.75. The Morgan fingerprint density at radius 2 is 2.30 bits per heavy atom. The van der Waals surface area contributed by atoms with Gasteiger partial charge >= 0.3 is 0 Å². The highest BCUT2D eigenvalue weighted by molar-refractivity contribution is 5.91. The molecule has 1 atom stereocenters. The van der Waals surface area contributed by atoms with Crippen LogP contribution < -0.4 is 5.32 Å². The van der Waals surface area contributed by atoms with E-state index in [-0.39, 0.29) is 24.0 Å². The van der Waals surface area contributed by atoms with Gasteiger partial charge in [0.2, 0.25) is 0 Å². The summed E-state index contributed by atoms with van der Waals surface area (Å²) in [6.45, 7) is 0.218. The number of hydrogen-bond acceptors (Lipinski definition) is 4. The highest BCUT2D eigenvalue weighted by Gasteiger charge is 2.14. The van der Waals surface area contributed by atoms with E-state index in [4.69, 9.17) is 4.74 Å². The summed E-state index contributed by atoms with van der Waals surface area (Å²) in [6.07, 6.45) is 3.88. The lowest BCUT2D eigenvalue weighted by atomic mass is 10.1. The van der Waals surface area contributed by atoms with Crippen molar-refractivity contribution in [3.63, 3.8) is 0 Å². The first kappa shape index (κ1) is 14.1. The molecule has 104 valence electrons. The second kappa shape index (κ2) is 6.72. The molecule has 1 heterocycles. The average Bonchev–Trinajstić information content (AvgIpc) is 2.48. The molecule has 2 rings (SSSR count). The molecule has 1 aromatic carbocycles. The molecule has 0 bridgehead atoms. The lowest BCUT2D eigenvalue weighted by Gasteiger charge is -2.16. The molecule has 20 heavy (non-hydrogen) atoms. The minimum absolute atomic E-state index is 0.218. The molecule has 0 radical (unpaired) electrons. The van der Waals surface area contributed by atoms with E-state index in [2.05, 4.69) is 15.3 Å². The third kappa shape index (κ3) is 3.58. The molecular formula is C14H14FN3O2. The quantitative estimate of drug-likeness (QED) is 0.902. The highest BCUT2D eigenvalue weighted by atomic mass is 19.1. The van der Waals surface area contributed by atoms with Crippen LogP contribution in [0.3, 0.4) is 0 Å². The van der Waals surface area contributed by atoms with Gasteiger partial charge in [-0.3, -0.25) is 9.78 Å². The van der Waals surface area contributed by atoms with Gasteiger partial charge in [0.1, 0.15) is 11.5 Å². The fourth-order valence-corrected chi connectivity index (χ4v) is 1.74. The maximum absolute atomic E-state index is 13.2. The van der Waals surface area contributed by atoms with Crippen LogP contribution in [0.25, 0.3) is 0 Å². The van der Waals surface area contributed by atoms with Gasteiger partial charge in [-0.05, 0) is 17.7 Å². The Kier molecular flexibility index (Phi) is 4.73. The van der Waals surface area contributed by atoms with Crippen LogP contribution in [-0.2, 0) is 4.74 Å². The molecule has 0 fully saturated rings. The predicted molar refractivity (Wildman–Crippen MR) is 70.5 cm³/mol. The number of aromatic nitrogens is 2. The number of nitrogens with one attached hydrogen (secondary N) is 1. The number of methoxy groups -OCH3 is 1. The Morgan fingerprint density at radius 1 is 1.45 bits per heavy atom.